The molecule has 5 nitrogen and oxygen atoms in total. The molecule has 0 spiro atoms. The van der Waals surface area contributed by atoms with Crippen molar-refractivity contribution in [2.75, 3.05) is 10.6 Å². The summed E-state index contributed by atoms with van der Waals surface area (Å²) in [5, 5.41) is 8.00. The van der Waals surface area contributed by atoms with Gasteiger partial charge in [-0.15, -0.1) is 23.1 Å². The SMILES string of the molecule is CCCCC(=O)Nc1ccc(SC(C)C(=O)Nc2nc(C)cs2)cc1. The monoisotopic (exact) mass is 377 g/mol. The van der Waals surface area contributed by atoms with E-state index in [-0.39, 0.29) is 17.1 Å². The molecule has 0 saturated carbocycles. The van der Waals surface area contributed by atoms with Gasteiger partial charge in [0.1, 0.15) is 0 Å². The molecule has 134 valence electrons. The zero-order chi connectivity index (χ0) is 18.2. The Kier molecular flexibility index (Phi) is 7.46. The standard InChI is InChI=1S/C18H23N3O2S2/c1-4-5-6-16(22)20-14-7-9-15(10-8-14)25-13(3)17(23)21-18-19-12(2)11-24-18/h7-11,13H,4-6H2,1-3H3,(H,20,22)(H,19,21,23). The number of aromatic nitrogens is 1. The topological polar surface area (TPSA) is 71.1 Å². The molecular formula is C18H23N3O2S2. The van der Waals surface area contributed by atoms with Crippen LogP contribution in [0.5, 0.6) is 0 Å². The van der Waals surface area contributed by atoms with Crippen molar-refractivity contribution in [2.24, 2.45) is 0 Å². The van der Waals surface area contributed by atoms with Crippen molar-refractivity contribution in [2.45, 2.75) is 50.2 Å². The third kappa shape index (κ3) is 6.51. The molecule has 0 fully saturated rings. The fourth-order valence-corrected chi connectivity index (χ4v) is 3.61. The van der Waals surface area contributed by atoms with Gasteiger partial charge in [-0.2, -0.15) is 0 Å². The molecule has 1 heterocycles. The van der Waals surface area contributed by atoms with Gasteiger partial charge in [0.15, 0.2) is 5.13 Å². The van der Waals surface area contributed by atoms with Crippen LogP contribution >= 0.6 is 23.1 Å². The molecule has 0 bridgehead atoms. The van der Waals surface area contributed by atoms with E-state index in [2.05, 4.69) is 22.5 Å². The number of unbranched alkanes of at least 4 members (excludes halogenated alkanes) is 1. The minimum absolute atomic E-state index is 0.0359. The summed E-state index contributed by atoms with van der Waals surface area (Å²) in [5.74, 6) is -0.0370. The van der Waals surface area contributed by atoms with Crippen molar-refractivity contribution in [3.05, 3.63) is 35.3 Å². The highest BCUT2D eigenvalue weighted by Gasteiger charge is 2.16. The lowest BCUT2D eigenvalue weighted by atomic mass is 10.2. The number of nitrogens with zero attached hydrogens (tertiary/aromatic N) is 1. The van der Waals surface area contributed by atoms with E-state index >= 15 is 0 Å². The lowest BCUT2D eigenvalue weighted by molar-refractivity contribution is -0.116. The van der Waals surface area contributed by atoms with Crippen LogP contribution < -0.4 is 10.6 Å². The second-order valence-electron chi connectivity index (χ2n) is 5.72. The van der Waals surface area contributed by atoms with Crippen molar-refractivity contribution < 1.29 is 9.59 Å². The van der Waals surface area contributed by atoms with Crippen LogP contribution in [0.25, 0.3) is 0 Å². The molecule has 7 heteroatoms. The van der Waals surface area contributed by atoms with Gasteiger partial charge in [-0.25, -0.2) is 4.98 Å². The Labute approximate surface area is 156 Å². The van der Waals surface area contributed by atoms with Crippen LogP contribution in [0.4, 0.5) is 10.8 Å². The van der Waals surface area contributed by atoms with Gasteiger partial charge in [-0.05, 0) is 44.5 Å². The fourth-order valence-electron chi connectivity index (χ4n) is 2.05. The van der Waals surface area contributed by atoms with Crippen LogP contribution in [0.2, 0.25) is 0 Å². The number of thioether (sulfide) groups is 1. The molecule has 2 aromatic rings. The number of anilines is 2. The first-order valence-corrected chi connectivity index (χ1v) is 10.0. The first kappa shape index (κ1) is 19.5. The zero-order valence-corrected chi connectivity index (χ0v) is 16.3. The maximum absolute atomic E-state index is 12.2. The van der Waals surface area contributed by atoms with Crippen molar-refractivity contribution in [3.8, 4) is 0 Å². The average molecular weight is 378 g/mol. The second kappa shape index (κ2) is 9.58. The van der Waals surface area contributed by atoms with Gasteiger partial charge in [0, 0.05) is 22.4 Å². The summed E-state index contributed by atoms with van der Waals surface area (Å²) in [6.07, 6.45) is 2.44. The highest BCUT2D eigenvalue weighted by Crippen LogP contribution is 2.26. The molecule has 1 aromatic heterocycles. The smallest absolute Gasteiger partial charge is 0.239 e. The van der Waals surface area contributed by atoms with Gasteiger partial charge in [-0.1, -0.05) is 13.3 Å². The summed E-state index contributed by atoms with van der Waals surface area (Å²) >= 11 is 2.89. The number of carbonyl (C=O) groups excluding carboxylic acids is 2. The molecule has 0 aliphatic rings. The molecular weight excluding hydrogens is 354 g/mol. The normalized spacial score (nSPS) is 11.8. The molecule has 2 rings (SSSR count). The van der Waals surface area contributed by atoms with Crippen LogP contribution in [-0.4, -0.2) is 22.0 Å². The molecule has 1 unspecified atom stereocenters. The van der Waals surface area contributed by atoms with Crippen molar-refractivity contribution >= 4 is 45.7 Å². The minimum atomic E-state index is -0.241. The van der Waals surface area contributed by atoms with Crippen molar-refractivity contribution in [1.29, 1.82) is 0 Å². The Morgan fingerprint density at radius 1 is 1.24 bits per heavy atom. The molecule has 2 N–H and O–H groups in total. The number of aryl methyl sites for hydroxylation is 1. The molecule has 25 heavy (non-hydrogen) atoms. The van der Waals surface area contributed by atoms with Gasteiger partial charge in [0.2, 0.25) is 11.8 Å². The number of rotatable bonds is 8. The Morgan fingerprint density at radius 3 is 2.56 bits per heavy atom. The summed E-state index contributed by atoms with van der Waals surface area (Å²) in [6.45, 7) is 5.82. The Balaban J connectivity index is 1.85. The number of hydrogen-bond donors (Lipinski definition) is 2. The van der Waals surface area contributed by atoms with E-state index in [9.17, 15) is 9.59 Å². The zero-order valence-electron chi connectivity index (χ0n) is 14.7. The molecule has 0 aliphatic carbocycles. The summed E-state index contributed by atoms with van der Waals surface area (Å²) < 4.78 is 0. The number of carbonyl (C=O) groups is 2. The summed E-state index contributed by atoms with van der Waals surface area (Å²) in [5.41, 5.74) is 1.68. The van der Waals surface area contributed by atoms with Crippen LogP contribution in [-0.2, 0) is 9.59 Å². The number of hydrogen-bond acceptors (Lipinski definition) is 5. The molecule has 0 saturated heterocycles. The van der Waals surface area contributed by atoms with Crippen LogP contribution in [0.15, 0.2) is 34.5 Å². The molecule has 1 aromatic carbocycles. The first-order chi connectivity index (χ1) is 12.0. The fraction of sp³-hybridized carbons (Fsp3) is 0.389. The van der Waals surface area contributed by atoms with Gasteiger partial charge in [0.05, 0.1) is 10.9 Å². The van der Waals surface area contributed by atoms with Gasteiger partial charge < -0.3 is 10.6 Å². The van der Waals surface area contributed by atoms with Crippen molar-refractivity contribution in [3.63, 3.8) is 0 Å². The summed E-state index contributed by atoms with van der Waals surface area (Å²) in [6, 6.07) is 7.55. The third-order valence-corrected chi connectivity index (χ3v) is 5.41. The summed E-state index contributed by atoms with van der Waals surface area (Å²) in [7, 11) is 0. The quantitative estimate of drug-likeness (QED) is 0.654. The molecule has 0 aliphatic heterocycles. The van der Waals surface area contributed by atoms with Gasteiger partial charge in [0.25, 0.3) is 0 Å². The lowest BCUT2D eigenvalue weighted by Crippen LogP contribution is -2.22. The van der Waals surface area contributed by atoms with E-state index in [0.717, 1.165) is 29.1 Å². The van der Waals surface area contributed by atoms with Gasteiger partial charge in [-0.3, -0.25) is 9.59 Å². The van der Waals surface area contributed by atoms with E-state index in [0.29, 0.717) is 11.6 Å². The van der Waals surface area contributed by atoms with E-state index < -0.39 is 0 Å². The van der Waals surface area contributed by atoms with Crippen LogP contribution in [0, 0.1) is 6.92 Å². The lowest BCUT2D eigenvalue weighted by Gasteiger charge is -2.11. The molecule has 1 atom stereocenters. The van der Waals surface area contributed by atoms with Gasteiger partial charge >= 0.3 is 0 Å². The predicted octanol–water partition coefficient (Wildman–Crippen LogP) is 4.70. The number of thiazole rings is 1. The van der Waals surface area contributed by atoms with Crippen LogP contribution in [0.3, 0.4) is 0 Å². The number of benzene rings is 1. The minimum Gasteiger partial charge on any atom is -0.326 e. The molecule has 0 radical (unpaired) electrons. The van der Waals surface area contributed by atoms with Crippen LogP contribution in [0.1, 0.15) is 38.8 Å². The summed E-state index contributed by atoms with van der Waals surface area (Å²) in [4.78, 5) is 29.2. The maximum atomic E-state index is 12.2. The first-order valence-electron chi connectivity index (χ1n) is 8.27. The number of nitrogens with one attached hydrogen (secondary N) is 2. The maximum Gasteiger partial charge on any atom is 0.239 e. The van der Waals surface area contributed by atoms with E-state index in [4.69, 9.17) is 0 Å². The van der Waals surface area contributed by atoms with Crippen molar-refractivity contribution in [1.82, 2.24) is 4.98 Å². The highest BCUT2D eigenvalue weighted by molar-refractivity contribution is 8.00. The number of amides is 2. The van der Waals surface area contributed by atoms with E-state index in [1.54, 1.807) is 0 Å². The second-order valence-corrected chi connectivity index (χ2v) is 7.99. The highest BCUT2D eigenvalue weighted by atomic mass is 32.2. The van der Waals surface area contributed by atoms with E-state index in [1.807, 2.05) is 43.5 Å². The Hall–Kier alpha value is -1.86. The Morgan fingerprint density at radius 2 is 1.96 bits per heavy atom. The largest absolute Gasteiger partial charge is 0.326 e. The van der Waals surface area contributed by atoms with E-state index in [1.165, 1.54) is 23.1 Å². The molecule has 2 amide bonds. The third-order valence-electron chi connectivity index (χ3n) is 3.43. The predicted molar refractivity (Wildman–Crippen MR) is 105 cm³/mol. The average Bonchev–Trinajstić information content (AvgIpc) is 2.99. The Bertz CT molecular complexity index is 713.